The van der Waals surface area contributed by atoms with Crippen LogP contribution in [0.5, 0.6) is 5.75 Å². The van der Waals surface area contributed by atoms with E-state index in [4.69, 9.17) is 0 Å². The number of carbonyl (C=O) groups is 2. The molecule has 0 aliphatic rings. The van der Waals surface area contributed by atoms with Gasteiger partial charge in [-0.25, -0.2) is 0 Å². The van der Waals surface area contributed by atoms with Gasteiger partial charge in [0.1, 0.15) is 11.4 Å². The van der Waals surface area contributed by atoms with Crippen LogP contribution >= 0.6 is 0 Å². The zero-order valence-electron chi connectivity index (χ0n) is 16.8. The summed E-state index contributed by atoms with van der Waals surface area (Å²) in [5, 5.41) is 10.1. The van der Waals surface area contributed by atoms with Crippen molar-refractivity contribution in [2.75, 3.05) is 13.1 Å². The summed E-state index contributed by atoms with van der Waals surface area (Å²) in [4.78, 5) is 27.4. The molecule has 3 aromatic rings. The zero-order valence-corrected chi connectivity index (χ0v) is 16.8. The summed E-state index contributed by atoms with van der Waals surface area (Å²) < 4.78 is 56.0. The first-order valence-corrected chi connectivity index (χ1v) is 9.44. The number of amides is 2. The summed E-state index contributed by atoms with van der Waals surface area (Å²) in [5.41, 5.74) is 1.32. The van der Waals surface area contributed by atoms with Gasteiger partial charge in [0.05, 0.1) is 17.4 Å². The smallest absolute Gasteiger partial charge is 0.428 e. The van der Waals surface area contributed by atoms with Crippen molar-refractivity contribution in [3.8, 4) is 5.75 Å². The molecule has 0 fully saturated rings. The first kappa shape index (κ1) is 23.0. The number of hydrogen-bond acceptors (Lipinski definition) is 5. The fourth-order valence-electron chi connectivity index (χ4n) is 2.81. The minimum absolute atomic E-state index is 0.162. The van der Waals surface area contributed by atoms with E-state index in [9.17, 15) is 27.2 Å². The highest BCUT2D eigenvalue weighted by atomic mass is 19.3. The SMILES string of the molecule is CC(=O)NCCNC(=O)c1nccc2nn(Cc3ccc(OC(F)(F)C(F)F)cc3)cc12. The van der Waals surface area contributed by atoms with E-state index in [1.807, 2.05) is 0 Å². The largest absolute Gasteiger partial charge is 0.461 e. The number of fused-ring (bicyclic) bond motifs is 1. The highest BCUT2D eigenvalue weighted by Gasteiger charge is 2.43. The molecule has 1 aromatic carbocycles. The molecule has 12 heteroatoms. The Hall–Kier alpha value is -3.70. The maximum atomic E-state index is 13.0. The van der Waals surface area contributed by atoms with Gasteiger partial charge in [-0.3, -0.25) is 19.3 Å². The Morgan fingerprint density at radius 2 is 1.81 bits per heavy atom. The van der Waals surface area contributed by atoms with Gasteiger partial charge in [-0.05, 0) is 23.8 Å². The lowest BCUT2D eigenvalue weighted by atomic mass is 10.2. The number of benzene rings is 1. The molecule has 8 nitrogen and oxygen atoms in total. The number of nitrogens with one attached hydrogen (secondary N) is 2. The van der Waals surface area contributed by atoms with Crippen LogP contribution in [-0.4, -0.2) is 52.2 Å². The summed E-state index contributed by atoms with van der Waals surface area (Å²) in [6.45, 7) is 2.10. The first-order valence-electron chi connectivity index (χ1n) is 9.44. The number of alkyl halides is 4. The van der Waals surface area contributed by atoms with E-state index in [0.717, 1.165) is 12.1 Å². The molecule has 32 heavy (non-hydrogen) atoms. The average Bonchev–Trinajstić information content (AvgIpc) is 3.14. The van der Waals surface area contributed by atoms with E-state index < -0.39 is 24.2 Å². The summed E-state index contributed by atoms with van der Waals surface area (Å²) >= 11 is 0. The van der Waals surface area contributed by atoms with Crippen LogP contribution in [0, 0.1) is 0 Å². The highest BCUT2D eigenvalue weighted by molar-refractivity contribution is 6.04. The van der Waals surface area contributed by atoms with E-state index in [0.29, 0.717) is 16.5 Å². The van der Waals surface area contributed by atoms with Gasteiger partial charge in [0.2, 0.25) is 5.91 Å². The molecule has 2 N–H and O–H groups in total. The molecule has 0 saturated heterocycles. The van der Waals surface area contributed by atoms with Crippen molar-refractivity contribution >= 4 is 22.7 Å². The molecule has 0 spiro atoms. The standard InChI is InChI=1S/C20H19F4N5O3/c1-12(30)25-8-9-27-18(31)17-15-11-29(28-16(15)6-7-26-17)10-13-2-4-14(5-3-13)32-20(23,24)19(21)22/h2-7,11,19H,8-10H2,1H3,(H,25,30)(H,27,31). The Kier molecular flexibility index (Phi) is 6.91. The normalized spacial score (nSPS) is 11.6. The third-order valence-corrected chi connectivity index (χ3v) is 4.26. The molecule has 2 heterocycles. The number of aromatic nitrogens is 3. The molecule has 0 saturated carbocycles. The molecular weight excluding hydrogens is 434 g/mol. The van der Waals surface area contributed by atoms with E-state index in [1.165, 1.54) is 29.9 Å². The Bertz CT molecular complexity index is 1100. The van der Waals surface area contributed by atoms with Crippen molar-refractivity contribution in [2.45, 2.75) is 26.0 Å². The molecular formula is C20H19F4N5O3. The van der Waals surface area contributed by atoms with Gasteiger partial charge in [-0.1, -0.05) is 12.1 Å². The third kappa shape index (κ3) is 5.71. The lowest BCUT2D eigenvalue weighted by Gasteiger charge is -2.16. The monoisotopic (exact) mass is 453 g/mol. The van der Waals surface area contributed by atoms with Gasteiger partial charge in [0.15, 0.2) is 0 Å². The molecule has 0 aliphatic heterocycles. The van der Waals surface area contributed by atoms with Gasteiger partial charge >= 0.3 is 12.5 Å². The van der Waals surface area contributed by atoms with Crippen LogP contribution in [0.4, 0.5) is 17.6 Å². The maximum absolute atomic E-state index is 13.0. The number of hydrogen-bond donors (Lipinski definition) is 2. The second-order valence-electron chi connectivity index (χ2n) is 6.77. The van der Waals surface area contributed by atoms with Crippen LogP contribution in [0.3, 0.4) is 0 Å². The van der Waals surface area contributed by atoms with Gasteiger partial charge in [0.25, 0.3) is 5.91 Å². The molecule has 2 amide bonds. The number of rotatable bonds is 9. The molecule has 0 atom stereocenters. The van der Waals surface area contributed by atoms with Crippen LogP contribution in [0.2, 0.25) is 0 Å². The Morgan fingerprint density at radius 1 is 1.12 bits per heavy atom. The number of nitrogens with zero attached hydrogens (tertiary/aromatic N) is 3. The predicted octanol–water partition coefficient (Wildman–Crippen LogP) is 2.58. The number of pyridine rings is 1. The Morgan fingerprint density at radius 3 is 2.47 bits per heavy atom. The zero-order chi connectivity index (χ0) is 23.3. The van der Waals surface area contributed by atoms with E-state index in [-0.39, 0.29) is 31.2 Å². The summed E-state index contributed by atoms with van der Waals surface area (Å²) in [6, 6.07) is 6.83. The summed E-state index contributed by atoms with van der Waals surface area (Å²) in [6.07, 6.45) is -5.46. The van der Waals surface area contributed by atoms with Crippen LogP contribution in [0.15, 0.2) is 42.7 Å². The fraction of sp³-hybridized carbons (Fsp3) is 0.300. The van der Waals surface area contributed by atoms with Gasteiger partial charge < -0.3 is 15.4 Å². The van der Waals surface area contributed by atoms with Crippen molar-refractivity contribution in [3.05, 3.63) is 54.0 Å². The highest BCUT2D eigenvalue weighted by Crippen LogP contribution is 2.27. The van der Waals surface area contributed by atoms with E-state index in [2.05, 4.69) is 25.5 Å². The van der Waals surface area contributed by atoms with Crippen molar-refractivity contribution in [1.82, 2.24) is 25.4 Å². The number of carbonyl (C=O) groups excluding carboxylic acids is 2. The molecule has 0 bridgehead atoms. The topological polar surface area (TPSA) is 98.1 Å². The van der Waals surface area contributed by atoms with Gasteiger partial charge in [-0.15, -0.1) is 0 Å². The second kappa shape index (κ2) is 9.62. The second-order valence-corrected chi connectivity index (χ2v) is 6.77. The maximum Gasteiger partial charge on any atom is 0.461 e. The van der Waals surface area contributed by atoms with Crippen molar-refractivity contribution in [2.24, 2.45) is 0 Å². The lowest BCUT2D eigenvalue weighted by molar-refractivity contribution is -0.253. The van der Waals surface area contributed by atoms with Gasteiger partial charge in [-0.2, -0.15) is 22.7 Å². The van der Waals surface area contributed by atoms with Gasteiger partial charge in [0, 0.05) is 32.4 Å². The molecule has 3 rings (SSSR count). The van der Waals surface area contributed by atoms with Crippen molar-refractivity contribution in [1.29, 1.82) is 0 Å². The van der Waals surface area contributed by atoms with Crippen molar-refractivity contribution < 1.29 is 31.9 Å². The Balaban J connectivity index is 1.69. The van der Waals surface area contributed by atoms with Crippen LogP contribution in [0.1, 0.15) is 23.0 Å². The minimum atomic E-state index is -4.58. The van der Waals surface area contributed by atoms with Crippen LogP contribution in [-0.2, 0) is 11.3 Å². The quantitative estimate of drug-likeness (QED) is 0.383. The Labute approximate surface area is 179 Å². The minimum Gasteiger partial charge on any atom is -0.428 e. The fourth-order valence-corrected chi connectivity index (χ4v) is 2.81. The third-order valence-electron chi connectivity index (χ3n) is 4.26. The van der Waals surface area contributed by atoms with Crippen LogP contribution < -0.4 is 15.4 Å². The van der Waals surface area contributed by atoms with E-state index >= 15 is 0 Å². The first-order chi connectivity index (χ1) is 15.2. The summed E-state index contributed by atoms with van der Waals surface area (Å²) in [7, 11) is 0. The lowest BCUT2D eigenvalue weighted by Crippen LogP contribution is -2.34. The molecule has 170 valence electrons. The molecule has 2 aromatic heterocycles. The molecule has 0 aliphatic carbocycles. The van der Waals surface area contributed by atoms with E-state index in [1.54, 1.807) is 12.3 Å². The van der Waals surface area contributed by atoms with Crippen LogP contribution in [0.25, 0.3) is 10.9 Å². The molecule has 0 unspecified atom stereocenters. The molecule has 0 radical (unpaired) electrons. The predicted molar refractivity (Wildman–Crippen MR) is 106 cm³/mol. The number of ether oxygens (including phenoxy) is 1. The number of halogens is 4. The average molecular weight is 453 g/mol. The van der Waals surface area contributed by atoms with Crippen molar-refractivity contribution in [3.63, 3.8) is 0 Å². The summed E-state index contributed by atoms with van der Waals surface area (Å²) in [5.74, 6) is -1.03.